The Labute approximate surface area is 111 Å². The van der Waals surface area contributed by atoms with E-state index >= 15 is 0 Å². The zero-order chi connectivity index (χ0) is 12.8. The first-order chi connectivity index (χ1) is 9.38. The maximum Gasteiger partial charge on any atom is 0.143 e. The Morgan fingerprint density at radius 2 is 1.63 bits per heavy atom. The lowest BCUT2D eigenvalue weighted by molar-refractivity contribution is 0.672. The van der Waals surface area contributed by atoms with E-state index in [0.29, 0.717) is 0 Å². The highest BCUT2D eigenvalue weighted by Crippen LogP contribution is 2.36. The molecule has 1 heterocycles. The van der Waals surface area contributed by atoms with Crippen molar-refractivity contribution < 1.29 is 4.42 Å². The minimum absolute atomic E-state index is 0.976. The molecule has 92 valence electrons. The molecule has 0 aliphatic heterocycles. The molecule has 0 aliphatic rings. The molecule has 0 unspecified atom stereocenters. The standard InChI is InChI=1S/C18H14O/c1-2-12-11-13-7-3-4-8-14(13)18-17(12)15-9-5-6-10-16(15)19-18/h3-11H,2H2,1H3. The summed E-state index contributed by atoms with van der Waals surface area (Å²) in [6, 6.07) is 19.0. The summed E-state index contributed by atoms with van der Waals surface area (Å²) in [6.07, 6.45) is 1.02. The van der Waals surface area contributed by atoms with E-state index in [-0.39, 0.29) is 0 Å². The quantitative estimate of drug-likeness (QED) is 0.444. The van der Waals surface area contributed by atoms with Crippen molar-refractivity contribution in [2.75, 3.05) is 0 Å². The van der Waals surface area contributed by atoms with Gasteiger partial charge in [0.1, 0.15) is 11.2 Å². The van der Waals surface area contributed by atoms with Crippen molar-refractivity contribution >= 4 is 32.7 Å². The van der Waals surface area contributed by atoms with E-state index in [2.05, 4.69) is 49.4 Å². The number of furan rings is 1. The molecule has 4 rings (SSSR count). The molecule has 0 aliphatic carbocycles. The van der Waals surface area contributed by atoms with Gasteiger partial charge in [0.05, 0.1) is 0 Å². The Balaban J connectivity index is 2.34. The second-order valence-electron chi connectivity index (χ2n) is 4.91. The first kappa shape index (κ1) is 10.6. The fourth-order valence-electron chi connectivity index (χ4n) is 2.92. The van der Waals surface area contributed by atoms with Crippen molar-refractivity contribution in [2.24, 2.45) is 0 Å². The number of aryl methyl sites for hydroxylation is 1. The molecule has 0 saturated carbocycles. The normalized spacial score (nSPS) is 11.6. The summed E-state index contributed by atoms with van der Waals surface area (Å²) in [6.45, 7) is 2.20. The molecule has 0 fully saturated rings. The Hall–Kier alpha value is -2.28. The predicted molar refractivity (Wildman–Crippen MR) is 80.6 cm³/mol. The summed E-state index contributed by atoms with van der Waals surface area (Å²) in [5.41, 5.74) is 3.36. The molecule has 0 radical (unpaired) electrons. The average molecular weight is 246 g/mol. The highest BCUT2D eigenvalue weighted by molar-refractivity contribution is 6.16. The van der Waals surface area contributed by atoms with E-state index < -0.39 is 0 Å². The number of benzene rings is 3. The lowest BCUT2D eigenvalue weighted by atomic mass is 9.99. The van der Waals surface area contributed by atoms with Crippen LogP contribution in [0.3, 0.4) is 0 Å². The molecule has 0 atom stereocenters. The van der Waals surface area contributed by atoms with Gasteiger partial charge in [-0.2, -0.15) is 0 Å². The second kappa shape index (κ2) is 3.86. The van der Waals surface area contributed by atoms with Crippen molar-refractivity contribution in [3.8, 4) is 0 Å². The Morgan fingerprint density at radius 3 is 2.47 bits per heavy atom. The van der Waals surface area contributed by atoms with Crippen molar-refractivity contribution in [2.45, 2.75) is 13.3 Å². The minimum Gasteiger partial charge on any atom is -0.455 e. The average Bonchev–Trinajstić information content (AvgIpc) is 2.86. The number of fused-ring (bicyclic) bond motifs is 5. The number of hydrogen-bond acceptors (Lipinski definition) is 1. The van der Waals surface area contributed by atoms with Gasteiger partial charge in [-0.1, -0.05) is 55.5 Å². The highest BCUT2D eigenvalue weighted by Gasteiger charge is 2.13. The van der Waals surface area contributed by atoms with Gasteiger partial charge < -0.3 is 4.42 Å². The fraction of sp³-hybridized carbons (Fsp3) is 0.111. The first-order valence-electron chi connectivity index (χ1n) is 6.70. The monoisotopic (exact) mass is 246 g/mol. The second-order valence-corrected chi connectivity index (χ2v) is 4.91. The lowest BCUT2D eigenvalue weighted by Crippen LogP contribution is -1.83. The summed E-state index contributed by atoms with van der Waals surface area (Å²) in [4.78, 5) is 0. The maximum atomic E-state index is 6.11. The molecule has 0 spiro atoms. The number of rotatable bonds is 1. The molecule has 0 N–H and O–H groups in total. The molecule has 3 aromatic carbocycles. The van der Waals surface area contributed by atoms with Crippen LogP contribution in [-0.2, 0) is 6.42 Å². The van der Waals surface area contributed by atoms with E-state index in [9.17, 15) is 0 Å². The van der Waals surface area contributed by atoms with Crippen LogP contribution in [0.4, 0.5) is 0 Å². The van der Waals surface area contributed by atoms with Gasteiger partial charge in [-0.25, -0.2) is 0 Å². The predicted octanol–water partition coefficient (Wildman–Crippen LogP) is 5.30. The largest absolute Gasteiger partial charge is 0.455 e. The molecule has 0 bridgehead atoms. The summed E-state index contributed by atoms with van der Waals surface area (Å²) < 4.78 is 6.11. The van der Waals surface area contributed by atoms with Crippen molar-refractivity contribution in [1.82, 2.24) is 0 Å². The molecule has 19 heavy (non-hydrogen) atoms. The number of hydrogen-bond donors (Lipinski definition) is 0. The first-order valence-corrected chi connectivity index (χ1v) is 6.70. The summed E-state index contributed by atoms with van der Waals surface area (Å²) >= 11 is 0. The van der Waals surface area contributed by atoms with Crippen LogP contribution in [0.2, 0.25) is 0 Å². The zero-order valence-corrected chi connectivity index (χ0v) is 10.8. The highest BCUT2D eigenvalue weighted by atomic mass is 16.3. The molecule has 1 aromatic heterocycles. The molecule has 1 nitrogen and oxygen atoms in total. The Bertz CT molecular complexity index is 899. The molecule has 0 saturated heterocycles. The van der Waals surface area contributed by atoms with Gasteiger partial charge in [0.15, 0.2) is 0 Å². The van der Waals surface area contributed by atoms with E-state index in [1.54, 1.807) is 0 Å². The van der Waals surface area contributed by atoms with Crippen LogP contribution < -0.4 is 0 Å². The Morgan fingerprint density at radius 1 is 0.895 bits per heavy atom. The van der Waals surface area contributed by atoms with E-state index in [4.69, 9.17) is 4.42 Å². The van der Waals surface area contributed by atoms with E-state index in [0.717, 1.165) is 17.6 Å². The van der Waals surface area contributed by atoms with E-state index in [1.807, 2.05) is 12.1 Å². The lowest BCUT2D eigenvalue weighted by Gasteiger charge is -2.04. The molecule has 0 amide bonds. The SMILES string of the molecule is CCc1cc2ccccc2c2oc3ccccc3c12. The minimum atomic E-state index is 0.976. The van der Waals surface area contributed by atoms with Crippen LogP contribution in [0, 0.1) is 0 Å². The van der Waals surface area contributed by atoms with Gasteiger partial charge in [0.2, 0.25) is 0 Å². The van der Waals surface area contributed by atoms with Crippen molar-refractivity contribution in [3.63, 3.8) is 0 Å². The maximum absolute atomic E-state index is 6.11. The van der Waals surface area contributed by atoms with Gasteiger partial charge in [0, 0.05) is 16.2 Å². The van der Waals surface area contributed by atoms with Gasteiger partial charge in [0.25, 0.3) is 0 Å². The summed E-state index contributed by atoms with van der Waals surface area (Å²) in [5.74, 6) is 0. The third kappa shape index (κ3) is 1.42. The van der Waals surface area contributed by atoms with E-state index in [1.165, 1.54) is 27.1 Å². The van der Waals surface area contributed by atoms with Gasteiger partial charge in [-0.05, 0) is 23.4 Å². The zero-order valence-electron chi connectivity index (χ0n) is 10.8. The van der Waals surface area contributed by atoms with Crippen LogP contribution in [0.1, 0.15) is 12.5 Å². The van der Waals surface area contributed by atoms with Crippen LogP contribution in [0.15, 0.2) is 59.0 Å². The molecular formula is C18H14O. The van der Waals surface area contributed by atoms with Crippen molar-refractivity contribution in [3.05, 3.63) is 60.2 Å². The summed E-state index contributed by atoms with van der Waals surface area (Å²) in [5, 5.41) is 4.95. The van der Waals surface area contributed by atoms with Crippen LogP contribution in [0.5, 0.6) is 0 Å². The number of para-hydroxylation sites is 1. The Kier molecular flexibility index (Phi) is 2.16. The topological polar surface area (TPSA) is 13.1 Å². The van der Waals surface area contributed by atoms with Crippen molar-refractivity contribution in [1.29, 1.82) is 0 Å². The van der Waals surface area contributed by atoms with Crippen LogP contribution >= 0.6 is 0 Å². The van der Waals surface area contributed by atoms with Crippen LogP contribution in [-0.4, -0.2) is 0 Å². The molecule has 4 aromatic rings. The van der Waals surface area contributed by atoms with Gasteiger partial charge in [-0.15, -0.1) is 0 Å². The van der Waals surface area contributed by atoms with Gasteiger partial charge >= 0.3 is 0 Å². The van der Waals surface area contributed by atoms with Crippen LogP contribution in [0.25, 0.3) is 32.7 Å². The third-order valence-electron chi connectivity index (χ3n) is 3.83. The molecular weight excluding hydrogens is 232 g/mol. The van der Waals surface area contributed by atoms with Gasteiger partial charge in [-0.3, -0.25) is 0 Å². The third-order valence-corrected chi connectivity index (χ3v) is 3.83. The fourth-order valence-corrected chi connectivity index (χ4v) is 2.92. The summed E-state index contributed by atoms with van der Waals surface area (Å²) in [7, 11) is 0. The molecule has 1 heteroatoms. The smallest absolute Gasteiger partial charge is 0.143 e.